The topological polar surface area (TPSA) is 53.1 Å². The molecule has 0 radical (unpaired) electrons. The lowest BCUT2D eigenvalue weighted by molar-refractivity contribution is 0.627. The maximum Gasteiger partial charge on any atom is 0.124 e. The van der Waals surface area contributed by atoms with Crippen molar-refractivity contribution in [3.05, 3.63) is 28.8 Å². The Balaban J connectivity index is 2.48. The Kier molecular flexibility index (Phi) is 3.81. The molecule has 1 saturated heterocycles. The first-order chi connectivity index (χ1) is 8.54. The maximum absolute atomic E-state index is 7.71. The average Bonchev–Trinajstić information content (AvgIpc) is 2.69. The van der Waals surface area contributed by atoms with Crippen LogP contribution < -0.4 is 10.6 Å². The minimum absolute atomic E-state index is 0.107. The van der Waals surface area contributed by atoms with E-state index in [1.54, 1.807) is 6.07 Å². The number of benzene rings is 1. The molecule has 98 valence electrons. The molecule has 3 N–H and O–H groups in total. The minimum Gasteiger partial charge on any atom is -0.384 e. The lowest BCUT2D eigenvalue weighted by Crippen LogP contribution is -2.35. The van der Waals surface area contributed by atoms with E-state index in [1.807, 2.05) is 12.1 Å². The quantitative estimate of drug-likeness (QED) is 0.650. The van der Waals surface area contributed by atoms with E-state index in [2.05, 4.69) is 18.7 Å². The number of nitrogens with one attached hydrogen (secondary N) is 1. The van der Waals surface area contributed by atoms with E-state index in [1.165, 1.54) is 12.8 Å². The summed E-state index contributed by atoms with van der Waals surface area (Å²) in [5, 5.41) is 8.41. The van der Waals surface area contributed by atoms with Gasteiger partial charge < -0.3 is 10.6 Å². The van der Waals surface area contributed by atoms with Crippen molar-refractivity contribution in [2.45, 2.75) is 45.2 Å². The molecular formula is C14H20ClN3. The number of halogens is 1. The van der Waals surface area contributed by atoms with Crippen LogP contribution in [0.5, 0.6) is 0 Å². The lowest BCUT2D eigenvalue weighted by atomic mass is 10.1. The van der Waals surface area contributed by atoms with Gasteiger partial charge in [-0.05, 0) is 44.4 Å². The molecule has 0 aliphatic carbocycles. The molecular weight excluding hydrogens is 246 g/mol. The fourth-order valence-electron chi connectivity index (χ4n) is 2.85. The third kappa shape index (κ3) is 2.32. The number of nitrogen functional groups attached to an aromatic ring is 1. The Morgan fingerprint density at radius 3 is 2.83 bits per heavy atom. The summed E-state index contributed by atoms with van der Waals surface area (Å²) in [5.74, 6) is 0.107. The minimum atomic E-state index is 0.107. The van der Waals surface area contributed by atoms with Gasteiger partial charge in [0, 0.05) is 28.4 Å². The summed E-state index contributed by atoms with van der Waals surface area (Å²) in [5.41, 5.74) is 7.47. The number of rotatable bonds is 3. The fourth-order valence-corrected chi connectivity index (χ4v) is 3.02. The summed E-state index contributed by atoms with van der Waals surface area (Å²) in [6, 6.07) is 6.58. The van der Waals surface area contributed by atoms with Crippen molar-refractivity contribution < 1.29 is 0 Å². The molecule has 0 saturated carbocycles. The SMILES string of the molecule is CCC1CCC(C)N1c1cc(Cl)ccc1C(=N)N. The molecule has 1 heterocycles. The van der Waals surface area contributed by atoms with E-state index in [0.717, 1.165) is 17.7 Å². The first-order valence-corrected chi connectivity index (χ1v) is 6.84. The smallest absolute Gasteiger partial charge is 0.124 e. The molecule has 1 aliphatic heterocycles. The molecule has 2 unspecified atom stereocenters. The van der Waals surface area contributed by atoms with Crippen LogP contribution in [0.1, 0.15) is 38.7 Å². The second kappa shape index (κ2) is 5.19. The summed E-state index contributed by atoms with van der Waals surface area (Å²) in [6.07, 6.45) is 3.48. The van der Waals surface area contributed by atoms with Crippen LogP contribution >= 0.6 is 11.6 Å². The largest absolute Gasteiger partial charge is 0.384 e. The van der Waals surface area contributed by atoms with Gasteiger partial charge in [-0.3, -0.25) is 5.41 Å². The van der Waals surface area contributed by atoms with Gasteiger partial charge in [-0.2, -0.15) is 0 Å². The van der Waals surface area contributed by atoms with E-state index in [9.17, 15) is 0 Å². The summed E-state index contributed by atoms with van der Waals surface area (Å²) in [4.78, 5) is 2.38. The molecule has 2 rings (SSSR count). The summed E-state index contributed by atoms with van der Waals surface area (Å²) in [7, 11) is 0. The van der Waals surface area contributed by atoms with Crippen molar-refractivity contribution in [3.8, 4) is 0 Å². The van der Waals surface area contributed by atoms with Crippen LogP contribution in [0.15, 0.2) is 18.2 Å². The van der Waals surface area contributed by atoms with Crippen LogP contribution in [0.3, 0.4) is 0 Å². The van der Waals surface area contributed by atoms with Gasteiger partial charge >= 0.3 is 0 Å². The Labute approximate surface area is 113 Å². The zero-order valence-electron chi connectivity index (χ0n) is 10.9. The predicted molar refractivity (Wildman–Crippen MR) is 77.7 cm³/mol. The van der Waals surface area contributed by atoms with Gasteiger partial charge in [0.15, 0.2) is 0 Å². The van der Waals surface area contributed by atoms with Gasteiger partial charge in [-0.15, -0.1) is 0 Å². The van der Waals surface area contributed by atoms with Crippen molar-refractivity contribution >= 4 is 23.1 Å². The Morgan fingerprint density at radius 1 is 1.50 bits per heavy atom. The maximum atomic E-state index is 7.71. The van der Waals surface area contributed by atoms with Crippen molar-refractivity contribution in [2.24, 2.45) is 5.73 Å². The van der Waals surface area contributed by atoms with Crippen molar-refractivity contribution in [2.75, 3.05) is 4.90 Å². The van der Waals surface area contributed by atoms with E-state index < -0.39 is 0 Å². The molecule has 0 amide bonds. The highest BCUT2D eigenvalue weighted by molar-refractivity contribution is 6.31. The van der Waals surface area contributed by atoms with Crippen LogP contribution in [0.4, 0.5) is 5.69 Å². The third-order valence-electron chi connectivity index (χ3n) is 3.79. The summed E-state index contributed by atoms with van der Waals surface area (Å²) < 4.78 is 0. The van der Waals surface area contributed by atoms with Crippen molar-refractivity contribution in [3.63, 3.8) is 0 Å². The van der Waals surface area contributed by atoms with Gasteiger partial charge in [0.25, 0.3) is 0 Å². The summed E-state index contributed by atoms with van der Waals surface area (Å²) in [6.45, 7) is 4.42. The molecule has 1 aliphatic rings. The first-order valence-electron chi connectivity index (χ1n) is 6.46. The number of hydrogen-bond donors (Lipinski definition) is 2. The molecule has 0 aromatic heterocycles. The van der Waals surface area contributed by atoms with Crippen LogP contribution in [0, 0.1) is 5.41 Å². The first kappa shape index (κ1) is 13.2. The molecule has 1 aromatic carbocycles. The highest BCUT2D eigenvalue weighted by Crippen LogP contribution is 2.35. The second-order valence-electron chi connectivity index (χ2n) is 4.97. The molecule has 0 bridgehead atoms. The summed E-state index contributed by atoms with van der Waals surface area (Å²) >= 11 is 6.10. The average molecular weight is 266 g/mol. The van der Waals surface area contributed by atoms with Crippen LogP contribution in [-0.2, 0) is 0 Å². The standard InChI is InChI=1S/C14H20ClN3/c1-3-11-6-4-9(2)18(11)13-8-10(15)5-7-12(13)14(16)17/h5,7-9,11H,3-4,6H2,1-2H3,(H3,16,17). The van der Waals surface area contributed by atoms with E-state index in [0.29, 0.717) is 17.1 Å². The fraction of sp³-hybridized carbons (Fsp3) is 0.500. The van der Waals surface area contributed by atoms with Gasteiger partial charge in [0.2, 0.25) is 0 Å². The predicted octanol–water partition coefficient (Wildman–Crippen LogP) is 3.39. The van der Waals surface area contributed by atoms with E-state index in [-0.39, 0.29) is 5.84 Å². The Bertz CT molecular complexity index is 458. The van der Waals surface area contributed by atoms with Crippen LogP contribution in [0.25, 0.3) is 0 Å². The van der Waals surface area contributed by atoms with Gasteiger partial charge in [-0.1, -0.05) is 18.5 Å². The molecule has 18 heavy (non-hydrogen) atoms. The van der Waals surface area contributed by atoms with Gasteiger partial charge in [0.05, 0.1) is 0 Å². The number of nitrogens with two attached hydrogens (primary N) is 1. The number of anilines is 1. The van der Waals surface area contributed by atoms with Crippen molar-refractivity contribution in [1.82, 2.24) is 0 Å². The van der Waals surface area contributed by atoms with E-state index in [4.69, 9.17) is 22.7 Å². The molecule has 1 fully saturated rings. The Hall–Kier alpha value is -1.22. The third-order valence-corrected chi connectivity index (χ3v) is 4.02. The molecule has 3 nitrogen and oxygen atoms in total. The van der Waals surface area contributed by atoms with Gasteiger partial charge in [0.1, 0.15) is 5.84 Å². The molecule has 1 aromatic rings. The molecule has 4 heteroatoms. The monoisotopic (exact) mass is 265 g/mol. The van der Waals surface area contributed by atoms with Crippen LogP contribution in [-0.4, -0.2) is 17.9 Å². The lowest BCUT2D eigenvalue weighted by Gasteiger charge is -2.32. The molecule has 2 atom stereocenters. The van der Waals surface area contributed by atoms with Crippen molar-refractivity contribution in [1.29, 1.82) is 5.41 Å². The van der Waals surface area contributed by atoms with E-state index >= 15 is 0 Å². The highest BCUT2D eigenvalue weighted by Gasteiger charge is 2.31. The normalized spacial score (nSPS) is 23.4. The number of hydrogen-bond acceptors (Lipinski definition) is 2. The zero-order chi connectivity index (χ0) is 13.3. The number of nitrogens with zero attached hydrogens (tertiary/aromatic N) is 1. The zero-order valence-corrected chi connectivity index (χ0v) is 11.7. The van der Waals surface area contributed by atoms with Gasteiger partial charge in [-0.25, -0.2) is 0 Å². The molecule has 0 spiro atoms. The van der Waals surface area contributed by atoms with Crippen LogP contribution in [0.2, 0.25) is 5.02 Å². The second-order valence-corrected chi connectivity index (χ2v) is 5.41. The highest BCUT2D eigenvalue weighted by atomic mass is 35.5. The number of amidine groups is 1. The Morgan fingerprint density at radius 2 is 2.22 bits per heavy atom.